The first-order valence-corrected chi connectivity index (χ1v) is 13.1. The number of amides is 2. The van der Waals surface area contributed by atoms with Crippen LogP contribution in [0.15, 0.2) is 36.4 Å². The maximum absolute atomic E-state index is 13.5. The highest BCUT2D eigenvalue weighted by atomic mass is 35.5. The lowest BCUT2D eigenvalue weighted by molar-refractivity contribution is -0.140. The molecule has 0 aliphatic rings. The largest absolute Gasteiger partial charge is 0.357 e. The van der Waals surface area contributed by atoms with E-state index in [0.717, 1.165) is 10.6 Å². The minimum Gasteiger partial charge on any atom is -0.357 e. The van der Waals surface area contributed by atoms with E-state index in [1.807, 2.05) is 0 Å². The number of benzene rings is 2. The van der Waals surface area contributed by atoms with Crippen LogP contribution >= 0.6 is 34.8 Å². The molecule has 180 valence electrons. The second kappa shape index (κ2) is 11.4. The van der Waals surface area contributed by atoms with Gasteiger partial charge in [0.1, 0.15) is 12.6 Å². The Labute approximate surface area is 209 Å². The molecule has 0 radical (unpaired) electrons. The number of carbonyl (C=O) groups is 2. The summed E-state index contributed by atoms with van der Waals surface area (Å²) in [7, 11) is -2.39. The molecule has 0 spiro atoms. The predicted molar refractivity (Wildman–Crippen MR) is 134 cm³/mol. The second-order valence-electron chi connectivity index (χ2n) is 7.46. The van der Waals surface area contributed by atoms with E-state index in [9.17, 15) is 18.0 Å². The van der Waals surface area contributed by atoms with Crippen molar-refractivity contribution < 1.29 is 18.0 Å². The highest BCUT2D eigenvalue weighted by Crippen LogP contribution is 2.29. The van der Waals surface area contributed by atoms with Crippen molar-refractivity contribution in [2.75, 3.05) is 24.2 Å². The molecule has 2 amide bonds. The smallest absolute Gasteiger partial charge is 0.244 e. The molecular formula is C22H26Cl3N3O4S. The van der Waals surface area contributed by atoms with Crippen LogP contribution in [-0.4, -0.2) is 51.0 Å². The number of nitrogens with zero attached hydrogens (tertiary/aromatic N) is 2. The van der Waals surface area contributed by atoms with E-state index in [4.69, 9.17) is 34.8 Å². The van der Waals surface area contributed by atoms with Crippen molar-refractivity contribution in [1.29, 1.82) is 0 Å². The molecule has 33 heavy (non-hydrogen) atoms. The Hall–Kier alpha value is -2.00. The summed E-state index contributed by atoms with van der Waals surface area (Å²) in [6, 6.07) is 8.85. The Morgan fingerprint density at radius 2 is 1.70 bits per heavy atom. The zero-order valence-corrected chi connectivity index (χ0v) is 21.8. The van der Waals surface area contributed by atoms with Crippen molar-refractivity contribution in [3.63, 3.8) is 0 Å². The Kier molecular flexibility index (Phi) is 9.43. The predicted octanol–water partition coefficient (Wildman–Crippen LogP) is 4.27. The summed E-state index contributed by atoms with van der Waals surface area (Å²) in [6.07, 6.45) is 1.30. The summed E-state index contributed by atoms with van der Waals surface area (Å²) in [5, 5.41) is 3.54. The van der Waals surface area contributed by atoms with Gasteiger partial charge in [-0.15, -0.1) is 0 Å². The quantitative estimate of drug-likeness (QED) is 0.520. The van der Waals surface area contributed by atoms with Crippen molar-refractivity contribution in [3.05, 3.63) is 62.6 Å². The van der Waals surface area contributed by atoms with Crippen molar-refractivity contribution in [1.82, 2.24) is 10.2 Å². The number of carbonyl (C=O) groups excluding carboxylic acids is 2. The van der Waals surface area contributed by atoms with Crippen LogP contribution in [0.3, 0.4) is 0 Å². The Morgan fingerprint density at radius 1 is 1.09 bits per heavy atom. The Bertz CT molecular complexity index is 1120. The molecule has 0 saturated heterocycles. The van der Waals surface area contributed by atoms with E-state index in [0.29, 0.717) is 32.6 Å². The number of nitrogens with one attached hydrogen (secondary N) is 1. The van der Waals surface area contributed by atoms with Crippen LogP contribution in [0.2, 0.25) is 15.1 Å². The van der Waals surface area contributed by atoms with Crippen LogP contribution in [0, 0.1) is 6.92 Å². The van der Waals surface area contributed by atoms with Gasteiger partial charge in [0, 0.05) is 34.2 Å². The van der Waals surface area contributed by atoms with Crippen LogP contribution in [0.5, 0.6) is 0 Å². The van der Waals surface area contributed by atoms with Gasteiger partial charge in [-0.2, -0.15) is 0 Å². The standard InChI is InChI=1S/C22H26Cl3N3O4S/c1-5-19(22(30)26-3)27(12-16-17(24)7-6-8-18(16)25)21(29)13-28(33(4,31)32)20-11-15(23)10-9-14(20)2/h6-11,19H,5,12-13H2,1-4H3,(H,26,30). The molecular weight excluding hydrogens is 509 g/mol. The molecule has 2 rings (SSSR count). The normalized spacial score (nSPS) is 12.2. The van der Waals surface area contributed by atoms with Gasteiger partial charge in [0.2, 0.25) is 21.8 Å². The number of hydrogen-bond acceptors (Lipinski definition) is 4. The summed E-state index contributed by atoms with van der Waals surface area (Å²) >= 11 is 18.7. The topological polar surface area (TPSA) is 86.8 Å². The van der Waals surface area contributed by atoms with Gasteiger partial charge in [-0.1, -0.05) is 53.9 Å². The zero-order chi connectivity index (χ0) is 24.9. The van der Waals surface area contributed by atoms with Gasteiger partial charge < -0.3 is 10.2 Å². The summed E-state index contributed by atoms with van der Waals surface area (Å²) in [5.41, 5.74) is 1.36. The summed E-state index contributed by atoms with van der Waals surface area (Å²) < 4.78 is 26.3. The molecule has 2 aromatic carbocycles. The molecule has 1 atom stereocenters. The molecule has 0 aliphatic heterocycles. The minimum atomic E-state index is -3.86. The molecule has 0 aromatic heterocycles. The molecule has 0 aliphatic carbocycles. The fourth-order valence-electron chi connectivity index (χ4n) is 3.39. The second-order valence-corrected chi connectivity index (χ2v) is 10.6. The van der Waals surface area contributed by atoms with E-state index >= 15 is 0 Å². The molecule has 0 saturated carbocycles. The van der Waals surface area contributed by atoms with Gasteiger partial charge in [-0.3, -0.25) is 13.9 Å². The van der Waals surface area contributed by atoms with E-state index in [-0.39, 0.29) is 18.1 Å². The third kappa shape index (κ3) is 6.76. The summed E-state index contributed by atoms with van der Waals surface area (Å²) in [4.78, 5) is 27.4. The van der Waals surface area contributed by atoms with Gasteiger partial charge in [0.25, 0.3) is 0 Å². The highest BCUT2D eigenvalue weighted by Gasteiger charge is 2.32. The van der Waals surface area contributed by atoms with Crippen molar-refractivity contribution in [2.45, 2.75) is 32.9 Å². The first-order valence-electron chi connectivity index (χ1n) is 10.1. The summed E-state index contributed by atoms with van der Waals surface area (Å²) in [6.45, 7) is 2.86. The van der Waals surface area contributed by atoms with Crippen molar-refractivity contribution in [3.8, 4) is 0 Å². The SMILES string of the molecule is CCC(C(=O)NC)N(Cc1c(Cl)cccc1Cl)C(=O)CN(c1cc(Cl)ccc1C)S(C)(=O)=O. The van der Waals surface area contributed by atoms with Crippen LogP contribution in [-0.2, 0) is 26.2 Å². The van der Waals surface area contributed by atoms with Gasteiger partial charge >= 0.3 is 0 Å². The number of rotatable bonds is 9. The van der Waals surface area contributed by atoms with Crippen LogP contribution in [0.4, 0.5) is 5.69 Å². The maximum atomic E-state index is 13.5. The number of anilines is 1. The third-order valence-corrected chi connectivity index (χ3v) is 7.21. The van der Waals surface area contributed by atoms with E-state index in [1.54, 1.807) is 44.2 Å². The lowest BCUT2D eigenvalue weighted by Gasteiger charge is -2.33. The van der Waals surface area contributed by atoms with Gasteiger partial charge in [-0.05, 0) is 43.2 Å². The number of aryl methyl sites for hydroxylation is 1. The molecule has 7 nitrogen and oxygen atoms in total. The monoisotopic (exact) mass is 533 g/mol. The number of sulfonamides is 1. The Balaban J connectivity index is 2.53. The molecule has 1 N–H and O–H groups in total. The average Bonchev–Trinajstić information content (AvgIpc) is 2.74. The molecule has 1 unspecified atom stereocenters. The third-order valence-electron chi connectivity index (χ3n) is 5.14. The van der Waals surface area contributed by atoms with Crippen molar-refractivity contribution in [2.24, 2.45) is 0 Å². The lowest BCUT2D eigenvalue weighted by atomic mass is 10.1. The van der Waals surface area contributed by atoms with E-state index in [2.05, 4.69) is 5.32 Å². The summed E-state index contributed by atoms with van der Waals surface area (Å²) in [5.74, 6) is -0.981. The van der Waals surface area contributed by atoms with Gasteiger partial charge in [0.15, 0.2) is 0 Å². The van der Waals surface area contributed by atoms with E-state index < -0.39 is 28.5 Å². The number of hydrogen-bond donors (Lipinski definition) is 1. The highest BCUT2D eigenvalue weighted by molar-refractivity contribution is 7.92. The first kappa shape index (κ1) is 27.2. The van der Waals surface area contributed by atoms with Crippen LogP contribution < -0.4 is 9.62 Å². The Morgan fingerprint density at radius 3 is 2.21 bits per heavy atom. The number of halogens is 3. The minimum absolute atomic E-state index is 0.0740. The van der Waals surface area contributed by atoms with Crippen molar-refractivity contribution >= 4 is 62.3 Å². The van der Waals surface area contributed by atoms with E-state index in [1.165, 1.54) is 18.0 Å². The van der Waals surface area contributed by atoms with Crippen LogP contribution in [0.25, 0.3) is 0 Å². The molecule has 0 heterocycles. The fourth-order valence-corrected chi connectivity index (χ4v) is 4.97. The first-order chi connectivity index (χ1) is 15.4. The van der Waals surface area contributed by atoms with Gasteiger partial charge in [-0.25, -0.2) is 8.42 Å². The number of likely N-dealkylation sites (N-methyl/N-ethyl adjacent to an activating group) is 1. The molecule has 0 fully saturated rings. The molecule has 2 aromatic rings. The maximum Gasteiger partial charge on any atom is 0.244 e. The molecule has 0 bridgehead atoms. The van der Waals surface area contributed by atoms with Gasteiger partial charge in [0.05, 0.1) is 11.9 Å². The average molecular weight is 535 g/mol. The van der Waals surface area contributed by atoms with Crippen LogP contribution in [0.1, 0.15) is 24.5 Å². The zero-order valence-electron chi connectivity index (χ0n) is 18.7. The molecule has 11 heteroatoms. The fraction of sp³-hybridized carbons (Fsp3) is 0.364. The lowest BCUT2D eigenvalue weighted by Crippen LogP contribution is -2.51.